The number of carbonyl (C=O) groups excluding carboxylic acids is 1. The van der Waals surface area contributed by atoms with Gasteiger partial charge in [-0.1, -0.05) is 0 Å². The van der Waals surface area contributed by atoms with Crippen LogP contribution in [0, 0.1) is 5.82 Å². The molecule has 2 rings (SSSR count). The number of amides is 1. The third kappa shape index (κ3) is 1.79. The van der Waals surface area contributed by atoms with E-state index in [2.05, 4.69) is 4.98 Å². The van der Waals surface area contributed by atoms with E-state index in [9.17, 15) is 18.0 Å². The summed E-state index contributed by atoms with van der Waals surface area (Å²) in [6.45, 7) is -1.33. The summed E-state index contributed by atoms with van der Waals surface area (Å²) in [6.07, 6.45) is 1.24. The minimum Gasteiger partial charge on any atom is -0.325 e. The molecule has 6 heteroatoms. The van der Waals surface area contributed by atoms with Crippen molar-refractivity contribution in [2.24, 2.45) is 0 Å². The van der Waals surface area contributed by atoms with Crippen LogP contribution in [0.15, 0.2) is 18.3 Å². The highest BCUT2D eigenvalue weighted by Gasteiger charge is 2.47. The normalized spacial score (nSPS) is 18.5. The molecule has 80 valence electrons. The van der Waals surface area contributed by atoms with E-state index in [4.69, 9.17) is 0 Å². The summed E-state index contributed by atoms with van der Waals surface area (Å²) in [5.74, 6) is -4.43. The number of rotatable bonds is 1. The maximum Gasteiger partial charge on any atom is 0.282 e. The van der Waals surface area contributed by atoms with Crippen LogP contribution in [-0.2, 0) is 0 Å². The van der Waals surface area contributed by atoms with Gasteiger partial charge < -0.3 is 4.90 Å². The average Bonchev–Trinajstić information content (AvgIpc) is 2.14. The van der Waals surface area contributed by atoms with Crippen LogP contribution in [0.5, 0.6) is 0 Å². The number of likely N-dealkylation sites (tertiary alicyclic amines) is 1. The van der Waals surface area contributed by atoms with Crippen LogP contribution in [-0.4, -0.2) is 34.8 Å². The maximum absolute atomic E-state index is 13.1. The fraction of sp³-hybridized carbons (Fsp3) is 0.333. The Balaban J connectivity index is 2.14. The van der Waals surface area contributed by atoms with Crippen LogP contribution in [0.1, 0.15) is 10.5 Å². The summed E-state index contributed by atoms with van der Waals surface area (Å²) in [4.78, 5) is 15.8. The Morgan fingerprint density at radius 2 is 2.13 bits per heavy atom. The molecule has 3 nitrogen and oxygen atoms in total. The summed E-state index contributed by atoms with van der Waals surface area (Å²) in [7, 11) is 0. The monoisotopic (exact) mass is 216 g/mol. The van der Waals surface area contributed by atoms with E-state index < -0.39 is 36.4 Å². The first-order chi connectivity index (χ1) is 6.99. The molecule has 0 radical (unpaired) electrons. The van der Waals surface area contributed by atoms with Crippen LogP contribution in [0.4, 0.5) is 13.2 Å². The first-order valence-electron chi connectivity index (χ1n) is 4.27. The van der Waals surface area contributed by atoms with Gasteiger partial charge >= 0.3 is 0 Å². The summed E-state index contributed by atoms with van der Waals surface area (Å²) >= 11 is 0. The topological polar surface area (TPSA) is 33.2 Å². The molecule has 2 heterocycles. The van der Waals surface area contributed by atoms with Crippen LogP contribution < -0.4 is 0 Å². The maximum atomic E-state index is 13.1. The first kappa shape index (κ1) is 9.95. The van der Waals surface area contributed by atoms with Gasteiger partial charge in [-0.2, -0.15) is 0 Å². The Morgan fingerprint density at radius 1 is 1.47 bits per heavy atom. The second-order valence-corrected chi connectivity index (χ2v) is 3.35. The molecule has 1 fully saturated rings. The van der Waals surface area contributed by atoms with E-state index in [1.54, 1.807) is 0 Å². The summed E-state index contributed by atoms with van der Waals surface area (Å²) in [5.41, 5.74) is -0.409. The van der Waals surface area contributed by atoms with E-state index in [-0.39, 0.29) is 0 Å². The lowest BCUT2D eigenvalue weighted by molar-refractivity contribution is -0.113. The summed E-state index contributed by atoms with van der Waals surface area (Å²) in [5, 5.41) is 0. The molecule has 0 spiro atoms. The van der Waals surface area contributed by atoms with Gasteiger partial charge in [0.05, 0.1) is 13.1 Å². The zero-order valence-corrected chi connectivity index (χ0v) is 7.58. The van der Waals surface area contributed by atoms with E-state index in [1.165, 1.54) is 12.3 Å². The zero-order valence-electron chi connectivity index (χ0n) is 7.58. The molecule has 0 saturated carbocycles. The lowest BCUT2D eigenvalue weighted by atomic mass is 10.1. The average molecular weight is 216 g/mol. The number of nitrogens with zero attached hydrogens (tertiary/aromatic N) is 2. The third-order valence-electron chi connectivity index (χ3n) is 2.09. The van der Waals surface area contributed by atoms with E-state index in [0.717, 1.165) is 11.0 Å². The van der Waals surface area contributed by atoms with Gasteiger partial charge in [0.15, 0.2) is 11.5 Å². The lowest BCUT2D eigenvalue weighted by Crippen LogP contribution is -2.58. The Labute approximate surface area is 83.5 Å². The molecule has 1 aromatic rings. The number of hydrogen-bond donors (Lipinski definition) is 0. The van der Waals surface area contributed by atoms with Crippen LogP contribution in [0.3, 0.4) is 0 Å². The Morgan fingerprint density at radius 3 is 2.67 bits per heavy atom. The van der Waals surface area contributed by atoms with Crippen LogP contribution in [0.25, 0.3) is 0 Å². The zero-order chi connectivity index (χ0) is 11.1. The van der Waals surface area contributed by atoms with Crippen molar-refractivity contribution in [3.05, 3.63) is 29.8 Å². The highest BCUT2D eigenvalue weighted by atomic mass is 19.3. The molecule has 1 amide bonds. The number of aromatic nitrogens is 1. The molecule has 0 aliphatic carbocycles. The van der Waals surface area contributed by atoms with Crippen molar-refractivity contribution in [3.63, 3.8) is 0 Å². The van der Waals surface area contributed by atoms with Gasteiger partial charge in [-0.05, 0) is 12.1 Å². The first-order valence-corrected chi connectivity index (χ1v) is 4.27. The smallest absolute Gasteiger partial charge is 0.282 e. The molecule has 0 N–H and O–H groups in total. The molecular weight excluding hydrogens is 209 g/mol. The number of pyridine rings is 1. The Kier molecular flexibility index (Phi) is 2.13. The molecular formula is C9H7F3N2O. The fourth-order valence-electron chi connectivity index (χ4n) is 1.35. The standard InChI is InChI=1S/C9H7F3N2O/c10-6-2-1-3-13-7(6)8(15)14-4-9(11,12)5-14/h1-3H,4-5H2. The molecule has 1 aliphatic rings. The predicted octanol–water partition coefficient (Wildman–Crippen LogP) is 1.31. The second kappa shape index (κ2) is 3.22. The van der Waals surface area contributed by atoms with Gasteiger partial charge in [0.1, 0.15) is 0 Å². The third-order valence-corrected chi connectivity index (χ3v) is 2.09. The van der Waals surface area contributed by atoms with Gasteiger partial charge in [0.2, 0.25) is 0 Å². The van der Waals surface area contributed by atoms with Gasteiger partial charge in [0, 0.05) is 6.20 Å². The number of alkyl halides is 2. The highest BCUT2D eigenvalue weighted by Crippen LogP contribution is 2.27. The van der Waals surface area contributed by atoms with Crippen molar-refractivity contribution in [2.45, 2.75) is 5.92 Å². The quantitative estimate of drug-likeness (QED) is 0.709. The molecule has 1 aromatic heterocycles. The molecule has 15 heavy (non-hydrogen) atoms. The minimum absolute atomic E-state index is 0.409. The predicted molar refractivity (Wildman–Crippen MR) is 45.0 cm³/mol. The summed E-state index contributed by atoms with van der Waals surface area (Å²) in [6, 6.07) is 2.40. The molecule has 0 bridgehead atoms. The van der Waals surface area contributed by atoms with Crippen molar-refractivity contribution < 1.29 is 18.0 Å². The number of carbonyl (C=O) groups is 1. The largest absolute Gasteiger partial charge is 0.325 e. The SMILES string of the molecule is O=C(c1ncccc1F)N1CC(F)(F)C1. The van der Waals surface area contributed by atoms with Crippen LogP contribution in [0.2, 0.25) is 0 Å². The van der Waals surface area contributed by atoms with Gasteiger partial charge in [-0.3, -0.25) is 4.79 Å². The number of hydrogen-bond acceptors (Lipinski definition) is 2. The second-order valence-electron chi connectivity index (χ2n) is 3.35. The highest BCUT2D eigenvalue weighted by molar-refractivity contribution is 5.93. The Bertz CT molecular complexity index is 400. The van der Waals surface area contributed by atoms with Crippen molar-refractivity contribution in [3.8, 4) is 0 Å². The minimum atomic E-state index is -2.85. The van der Waals surface area contributed by atoms with Crippen molar-refractivity contribution in [2.75, 3.05) is 13.1 Å². The number of halogens is 3. The van der Waals surface area contributed by atoms with Crippen molar-refractivity contribution >= 4 is 5.91 Å². The van der Waals surface area contributed by atoms with Gasteiger partial charge in [-0.25, -0.2) is 18.2 Å². The molecule has 0 unspecified atom stereocenters. The molecule has 0 atom stereocenters. The van der Waals surface area contributed by atoms with E-state index in [0.29, 0.717) is 0 Å². The van der Waals surface area contributed by atoms with Gasteiger partial charge in [-0.15, -0.1) is 0 Å². The van der Waals surface area contributed by atoms with Gasteiger partial charge in [0.25, 0.3) is 11.8 Å². The van der Waals surface area contributed by atoms with E-state index >= 15 is 0 Å². The Hall–Kier alpha value is -1.59. The lowest BCUT2D eigenvalue weighted by Gasteiger charge is -2.38. The van der Waals surface area contributed by atoms with E-state index in [1.807, 2.05) is 0 Å². The molecule has 0 aromatic carbocycles. The van der Waals surface area contributed by atoms with Crippen molar-refractivity contribution in [1.29, 1.82) is 0 Å². The van der Waals surface area contributed by atoms with Crippen molar-refractivity contribution in [1.82, 2.24) is 9.88 Å². The van der Waals surface area contributed by atoms with Crippen LogP contribution >= 0.6 is 0 Å². The molecule has 1 aliphatic heterocycles. The fourth-order valence-corrected chi connectivity index (χ4v) is 1.35. The molecule has 1 saturated heterocycles. The summed E-state index contributed by atoms with van der Waals surface area (Å²) < 4.78 is 38.0.